The number of hydrogen-bond acceptors (Lipinski definition) is 7. The van der Waals surface area contributed by atoms with Gasteiger partial charge in [0.1, 0.15) is 12.1 Å². The van der Waals surface area contributed by atoms with Crippen LogP contribution in [-0.2, 0) is 11.2 Å². The van der Waals surface area contributed by atoms with Gasteiger partial charge in [-0.25, -0.2) is 4.68 Å². The van der Waals surface area contributed by atoms with Crippen molar-refractivity contribution in [3.63, 3.8) is 0 Å². The van der Waals surface area contributed by atoms with Gasteiger partial charge in [0.2, 0.25) is 5.91 Å². The van der Waals surface area contributed by atoms with Crippen LogP contribution in [0.1, 0.15) is 23.4 Å². The Hall–Kier alpha value is -3.95. The van der Waals surface area contributed by atoms with Gasteiger partial charge >= 0.3 is 0 Å². The van der Waals surface area contributed by atoms with E-state index < -0.39 is 0 Å². The van der Waals surface area contributed by atoms with Crippen molar-refractivity contribution in [2.24, 2.45) is 0 Å². The van der Waals surface area contributed by atoms with Crippen molar-refractivity contribution in [2.75, 3.05) is 38.2 Å². The van der Waals surface area contributed by atoms with Crippen LogP contribution in [0.2, 0.25) is 0 Å². The summed E-state index contributed by atoms with van der Waals surface area (Å²) in [5.41, 5.74) is 4.85. The van der Waals surface area contributed by atoms with Crippen LogP contribution in [0.5, 0.6) is 5.75 Å². The SMILES string of the molecule is COc1ccc(N2CCN(C(=O)CCc3c(C)nn(-c4ccc5nncn5n4)c3C)CC2)cc1. The molecule has 0 bridgehead atoms. The number of nitrogens with zero attached hydrogens (tertiary/aromatic N) is 8. The van der Waals surface area contributed by atoms with Crippen LogP contribution in [0.25, 0.3) is 11.5 Å². The summed E-state index contributed by atoms with van der Waals surface area (Å²) in [5.74, 6) is 1.73. The Kier molecular flexibility index (Phi) is 5.87. The molecule has 0 radical (unpaired) electrons. The summed E-state index contributed by atoms with van der Waals surface area (Å²) in [6.45, 7) is 7.10. The van der Waals surface area contributed by atoms with E-state index in [0.29, 0.717) is 24.3 Å². The van der Waals surface area contributed by atoms with Crippen LogP contribution in [0.3, 0.4) is 0 Å². The zero-order chi connectivity index (χ0) is 23.7. The van der Waals surface area contributed by atoms with Gasteiger partial charge in [0.15, 0.2) is 11.5 Å². The minimum absolute atomic E-state index is 0.185. The molecule has 1 aliphatic rings. The molecule has 4 aromatic rings. The van der Waals surface area contributed by atoms with Crippen LogP contribution in [0.4, 0.5) is 5.69 Å². The van der Waals surface area contributed by atoms with Crippen LogP contribution < -0.4 is 9.64 Å². The second kappa shape index (κ2) is 9.12. The Labute approximate surface area is 197 Å². The average molecular weight is 461 g/mol. The van der Waals surface area contributed by atoms with Gasteiger partial charge in [0.25, 0.3) is 0 Å². The molecule has 176 valence electrons. The zero-order valence-electron chi connectivity index (χ0n) is 19.7. The molecule has 4 heterocycles. The minimum Gasteiger partial charge on any atom is -0.497 e. The highest BCUT2D eigenvalue weighted by Gasteiger charge is 2.22. The van der Waals surface area contributed by atoms with Crippen molar-refractivity contribution in [3.05, 3.63) is 59.7 Å². The summed E-state index contributed by atoms with van der Waals surface area (Å²) >= 11 is 0. The lowest BCUT2D eigenvalue weighted by Gasteiger charge is -2.36. The van der Waals surface area contributed by atoms with E-state index in [4.69, 9.17) is 4.74 Å². The molecule has 1 saturated heterocycles. The molecule has 1 aliphatic heterocycles. The average Bonchev–Trinajstić information content (AvgIpc) is 3.46. The first-order valence-electron chi connectivity index (χ1n) is 11.4. The zero-order valence-corrected chi connectivity index (χ0v) is 19.7. The normalized spacial score (nSPS) is 14.1. The Bertz CT molecular complexity index is 1300. The number of piperazine rings is 1. The first kappa shape index (κ1) is 21.9. The standard InChI is InChI=1S/C24H28N8O2/c1-17-21(18(2)32(27-17)23-10-9-22-26-25-16-31(22)28-23)8-11-24(33)30-14-12-29(13-15-30)19-4-6-20(34-3)7-5-19/h4-7,9-10,16H,8,11-15H2,1-3H3. The summed E-state index contributed by atoms with van der Waals surface area (Å²) in [6.07, 6.45) is 2.69. The quantitative estimate of drug-likeness (QED) is 0.435. The number of methoxy groups -OCH3 is 1. The Morgan fingerprint density at radius 2 is 1.76 bits per heavy atom. The number of hydrogen-bond donors (Lipinski definition) is 0. The fraction of sp³-hybridized carbons (Fsp3) is 0.375. The molecule has 5 rings (SSSR count). The lowest BCUT2D eigenvalue weighted by atomic mass is 10.1. The van der Waals surface area contributed by atoms with Crippen molar-refractivity contribution in [1.29, 1.82) is 0 Å². The number of amides is 1. The predicted octanol–water partition coefficient (Wildman–Crippen LogP) is 2.22. The predicted molar refractivity (Wildman–Crippen MR) is 127 cm³/mol. The van der Waals surface area contributed by atoms with Crippen molar-refractivity contribution in [2.45, 2.75) is 26.7 Å². The van der Waals surface area contributed by atoms with E-state index >= 15 is 0 Å². The van der Waals surface area contributed by atoms with Gasteiger partial charge < -0.3 is 14.5 Å². The molecule has 0 aliphatic carbocycles. The molecule has 1 amide bonds. The first-order valence-corrected chi connectivity index (χ1v) is 11.4. The lowest BCUT2D eigenvalue weighted by molar-refractivity contribution is -0.131. The maximum atomic E-state index is 12.9. The highest BCUT2D eigenvalue weighted by atomic mass is 16.5. The number of fused-ring (bicyclic) bond motifs is 1. The second-order valence-electron chi connectivity index (χ2n) is 8.45. The van der Waals surface area contributed by atoms with E-state index in [1.165, 1.54) is 0 Å². The fourth-order valence-electron chi connectivity index (χ4n) is 4.49. The maximum absolute atomic E-state index is 12.9. The molecule has 10 nitrogen and oxygen atoms in total. The number of carbonyl (C=O) groups excluding carboxylic acids is 1. The monoisotopic (exact) mass is 460 g/mol. The Morgan fingerprint density at radius 3 is 2.50 bits per heavy atom. The van der Waals surface area contributed by atoms with Gasteiger partial charge in [-0.2, -0.15) is 9.61 Å². The lowest BCUT2D eigenvalue weighted by Crippen LogP contribution is -2.48. The number of rotatable bonds is 6. The van der Waals surface area contributed by atoms with Crippen molar-refractivity contribution >= 4 is 17.2 Å². The molecule has 0 saturated carbocycles. The topological polar surface area (TPSA) is 93.7 Å². The fourth-order valence-corrected chi connectivity index (χ4v) is 4.49. The first-order chi connectivity index (χ1) is 16.5. The Balaban J connectivity index is 1.20. The van der Waals surface area contributed by atoms with Crippen LogP contribution >= 0.6 is 0 Å². The van der Waals surface area contributed by atoms with E-state index in [9.17, 15) is 4.79 Å². The van der Waals surface area contributed by atoms with E-state index in [-0.39, 0.29) is 5.91 Å². The number of aromatic nitrogens is 6. The number of ether oxygens (including phenoxy) is 1. The van der Waals surface area contributed by atoms with E-state index in [1.54, 1.807) is 18.0 Å². The number of anilines is 1. The van der Waals surface area contributed by atoms with E-state index in [2.05, 4.69) is 37.4 Å². The third-order valence-corrected chi connectivity index (χ3v) is 6.46. The molecule has 0 spiro atoms. The molecule has 0 atom stereocenters. The molecular formula is C24H28N8O2. The van der Waals surface area contributed by atoms with Crippen LogP contribution in [-0.4, -0.2) is 73.7 Å². The third kappa shape index (κ3) is 4.18. The van der Waals surface area contributed by atoms with Gasteiger partial charge in [-0.15, -0.1) is 15.3 Å². The Morgan fingerprint density at radius 1 is 1.00 bits per heavy atom. The smallest absolute Gasteiger partial charge is 0.223 e. The van der Waals surface area contributed by atoms with Crippen LogP contribution in [0, 0.1) is 13.8 Å². The molecule has 10 heteroatoms. The summed E-state index contributed by atoms with van der Waals surface area (Å²) in [6, 6.07) is 11.8. The van der Waals surface area contributed by atoms with Crippen molar-refractivity contribution in [1.82, 2.24) is 34.5 Å². The highest BCUT2D eigenvalue weighted by molar-refractivity contribution is 5.77. The highest BCUT2D eigenvalue weighted by Crippen LogP contribution is 2.22. The summed E-state index contributed by atoms with van der Waals surface area (Å²) in [4.78, 5) is 17.2. The summed E-state index contributed by atoms with van der Waals surface area (Å²) < 4.78 is 8.69. The van der Waals surface area contributed by atoms with Gasteiger partial charge in [0, 0.05) is 44.0 Å². The number of carbonyl (C=O) groups is 1. The molecule has 1 fully saturated rings. The summed E-state index contributed by atoms with van der Waals surface area (Å²) in [7, 11) is 1.67. The van der Waals surface area contributed by atoms with Crippen molar-refractivity contribution in [3.8, 4) is 11.6 Å². The molecule has 3 aromatic heterocycles. The minimum atomic E-state index is 0.185. The molecule has 0 N–H and O–H groups in total. The summed E-state index contributed by atoms with van der Waals surface area (Å²) in [5, 5.41) is 17.1. The largest absolute Gasteiger partial charge is 0.497 e. The van der Waals surface area contributed by atoms with Crippen molar-refractivity contribution < 1.29 is 9.53 Å². The van der Waals surface area contributed by atoms with Crippen LogP contribution in [0.15, 0.2) is 42.7 Å². The van der Waals surface area contributed by atoms with Gasteiger partial charge in [0.05, 0.1) is 12.8 Å². The molecule has 1 aromatic carbocycles. The third-order valence-electron chi connectivity index (χ3n) is 6.46. The van der Waals surface area contributed by atoms with E-state index in [1.807, 2.05) is 47.7 Å². The van der Waals surface area contributed by atoms with Gasteiger partial charge in [-0.1, -0.05) is 0 Å². The second-order valence-corrected chi connectivity index (χ2v) is 8.45. The number of benzene rings is 1. The molecule has 34 heavy (non-hydrogen) atoms. The number of aryl methyl sites for hydroxylation is 1. The van der Waals surface area contributed by atoms with Gasteiger partial charge in [-0.05, 0) is 62.2 Å². The molecular weight excluding hydrogens is 432 g/mol. The maximum Gasteiger partial charge on any atom is 0.223 e. The molecule has 0 unspecified atom stereocenters. The van der Waals surface area contributed by atoms with Gasteiger partial charge in [-0.3, -0.25) is 4.79 Å². The van der Waals surface area contributed by atoms with E-state index in [0.717, 1.165) is 54.6 Å².